The highest BCUT2D eigenvalue weighted by atomic mass is 32.2. The fourth-order valence-corrected chi connectivity index (χ4v) is 4.36. The lowest BCUT2D eigenvalue weighted by molar-refractivity contribution is -0.122. The van der Waals surface area contributed by atoms with E-state index in [4.69, 9.17) is 24.4 Å². The molecule has 112 valence electrons. The Hall–Kier alpha value is -0.700. The Morgan fingerprint density at radius 1 is 0.905 bits per heavy atom. The highest BCUT2D eigenvalue weighted by Gasteiger charge is 2.32. The van der Waals surface area contributed by atoms with Gasteiger partial charge in [0.25, 0.3) is 11.8 Å². The first-order valence-corrected chi connectivity index (χ1v) is 8.58. The fourth-order valence-electron chi connectivity index (χ4n) is 1.97. The molecule has 2 aliphatic rings. The summed E-state index contributed by atoms with van der Waals surface area (Å²) in [5.74, 6) is -0.142. The lowest BCUT2D eigenvalue weighted by Gasteiger charge is -2.08. The normalized spacial score (nSPS) is 24.4. The van der Waals surface area contributed by atoms with Crippen LogP contribution in [0.25, 0.3) is 0 Å². The molecule has 21 heavy (non-hydrogen) atoms. The number of carbonyl (C=O) groups excluding carboxylic acids is 2. The predicted octanol–water partition coefficient (Wildman–Crippen LogP) is 2.90. The molecule has 0 N–H and O–H groups in total. The summed E-state index contributed by atoms with van der Waals surface area (Å²) in [4.78, 5) is 28.4. The van der Waals surface area contributed by atoms with Gasteiger partial charge >= 0.3 is 0 Å². The van der Waals surface area contributed by atoms with E-state index in [0.717, 1.165) is 11.1 Å². The zero-order valence-electron chi connectivity index (χ0n) is 12.1. The van der Waals surface area contributed by atoms with Gasteiger partial charge in [-0.05, 0) is 31.4 Å². The molecular formula is C13H14N2O2S4. The highest BCUT2D eigenvalue weighted by molar-refractivity contribution is 8.27. The maximum atomic E-state index is 12.1. The van der Waals surface area contributed by atoms with Crippen LogP contribution in [0.2, 0.25) is 0 Å². The summed E-state index contributed by atoms with van der Waals surface area (Å²) < 4.78 is 1.12. The lowest BCUT2D eigenvalue weighted by Crippen LogP contribution is -2.23. The third kappa shape index (κ3) is 3.08. The number of thioether (sulfide) groups is 2. The van der Waals surface area contributed by atoms with Gasteiger partial charge in [0.1, 0.15) is 8.64 Å². The zero-order chi connectivity index (χ0) is 15.9. The van der Waals surface area contributed by atoms with Crippen LogP contribution in [0, 0.1) is 0 Å². The van der Waals surface area contributed by atoms with E-state index in [9.17, 15) is 9.59 Å². The van der Waals surface area contributed by atoms with Crippen LogP contribution in [0.1, 0.15) is 20.3 Å². The van der Waals surface area contributed by atoms with Gasteiger partial charge in [0.15, 0.2) is 0 Å². The van der Waals surface area contributed by atoms with Crippen LogP contribution in [0.4, 0.5) is 0 Å². The summed E-state index contributed by atoms with van der Waals surface area (Å²) in [6, 6.07) is 0. The average molecular weight is 359 g/mol. The van der Waals surface area contributed by atoms with Gasteiger partial charge in [0, 0.05) is 14.1 Å². The molecule has 2 saturated heterocycles. The first-order valence-electron chi connectivity index (χ1n) is 6.13. The van der Waals surface area contributed by atoms with Crippen molar-refractivity contribution in [2.24, 2.45) is 0 Å². The van der Waals surface area contributed by atoms with E-state index in [1.807, 2.05) is 13.8 Å². The highest BCUT2D eigenvalue weighted by Crippen LogP contribution is 2.37. The van der Waals surface area contributed by atoms with E-state index in [2.05, 4.69) is 0 Å². The van der Waals surface area contributed by atoms with Crippen molar-refractivity contribution < 1.29 is 9.59 Å². The predicted molar refractivity (Wildman–Crippen MR) is 95.9 cm³/mol. The van der Waals surface area contributed by atoms with E-state index < -0.39 is 0 Å². The molecular weight excluding hydrogens is 344 g/mol. The Morgan fingerprint density at radius 3 is 1.48 bits per heavy atom. The fraction of sp³-hybridized carbons (Fsp3) is 0.385. The third-order valence-corrected chi connectivity index (χ3v) is 6.63. The molecule has 2 amide bonds. The van der Waals surface area contributed by atoms with Crippen molar-refractivity contribution in [3.63, 3.8) is 0 Å². The molecule has 0 aliphatic carbocycles. The number of hydrogen-bond donors (Lipinski definition) is 0. The minimum absolute atomic E-state index is 0.0710. The molecule has 2 aliphatic heterocycles. The van der Waals surface area contributed by atoms with Gasteiger partial charge in [0.2, 0.25) is 0 Å². The van der Waals surface area contributed by atoms with Crippen molar-refractivity contribution in [3.8, 4) is 0 Å². The largest absolute Gasteiger partial charge is 0.296 e. The van der Waals surface area contributed by atoms with Gasteiger partial charge in [-0.3, -0.25) is 19.4 Å². The van der Waals surface area contributed by atoms with Crippen molar-refractivity contribution in [1.82, 2.24) is 9.80 Å². The van der Waals surface area contributed by atoms with Crippen LogP contribution in [0.5, 0.6) is 0 Å². The van der Waals surface area contributed by atoms with Crippen molar-refractivity contribution in [3.05, 3.63) is 21.0 Å². The first-order chi connectivity index (χ1) is 9.73. The summed E-state index contributed by atoms with van der Waals surface area (Å²) >= 11 is 12.9. The molecule has 2 fully saturated rings. The van der Waals surface area contributed by atoms with Crippen molar-refractivity contribution >= 4 is 68.4 Å². The number of amides is 2. The first kappa shape index (κ1) is 16.7. The summed E-state index contributed by atoms with van der Waals surface area (Å²) in [7, 11) is 3.35. The van der Waals surface area contributed by atoms with Crippen LogP contribution < -0.4 is 0 Å². The monoisotopic (exact) mass is 358 g/mol. The standard InChI is InChI=1S/C13H14N2O2S4/c1-6(8-10(16)14(3)12(18)20-8)5-7(2)9-11(17)15(4)13(19)21-9/h5H2,1-4H3. The number of nitrogens with zero attached hydrogens (tertiary/aromatic N) is 2. The Bertz CT molecular complexity index is 582. The van der Waals surface area contributed by atoms with Gasteiger partial charge in [-0.15, -0.1) is 0 Å². The van der Waals surface area contributed by atoms with Gasteiger partial charge in [-0.1, -0.05) is 48.0 Å². The van der Waals surface area contributed by atoms with Crippen LogP contribution >= 0.6 is 48.0 Å². The minimum atomic E-state index is -0.0710. The molecule has 0 aromatic rings. The molecule has 0 bridgehead atoms. The van der Waals surface area contributed by atoms with E-state index in [1.165, 1.54) is 33.3 Å². The number of likely N-dealkylation sites (N-methyl/N-ethyl adjacent to an activating group) is 2. The molecule has 0 atom stereocenters. The molecule has 0 radical (unpaired) electrons. The van der Waals surface area contributed by atoms with E-state index in [1.54, 1.807) is 14.1 Å². The van der Waals surface area contributed by atoms with Crippen molar-refractivity contribution in [2.45, 2.75) is 20.3 Å². The Labute approximate surface area is 143 Å². The summed E-state index contributed by atoms with van der Waals surface area (Å²) in [5.41, 5.74) is 1.85. The molecule has 2 rings (SSSR count). The van der Waals surface area contributed by atoms with Crippen molar-refractivity contribution in [2.75, 3.05) is 14.1 Å². The second-order valence-electron chi connectivity index (χ2n) is 4.86. The maximum absolute atomic E-state index is 12.1. The summed E-state index contributed by atoms with van der Waals surface area (Å²) in [5, 5.41) is 0. The van der Waals surface area contributed by atoms with Crippen LogP contribution in [-0.4, -0.2) is 44.4 Å². The Balaban J connectivity index is 2.26. The third-order valence-electron chi connectivity index (χ3n) is 3.23. The van der Waals surface area contributed by atoms with Gasteiger partial charge in [-0.25, -0.2) is 0 Å². The minimum Gasteiger partial charge on any atom is -0.296 e. The molecule has 4 nitrogen and oxygen atoms in total. The second-order valence-corrected chi connectivity index (χ2v) is 8.15. The van der Waals surface area contributed by atoms with Crippen LogP contribution in [0.15, 0.2) is 21.0 Å². The molecule has 0 aromatic carbocycles. The van der Waals surface area contributed by atoms with E-state index in [-0.39, 0.29) is 11.8 Å². The zero-order valence-corrected chi connectivity index (χ0v) is 15.3. The maximum Gasteiger partial charge on any atom is 0.265 e. The second kappa shape index (κ2) is 6.20. The smallest absolute Gasteiger partial charge is 0.265 e. The van der Waals surface area contributed by atoms with Gasteiger partial charge in [0.05, 0.1) is 9.81 Å². The number of thiocarbonyl (C=S) groups is 2. The van der Waals surface area contributed by atoms with Crippen LogP contribution in [-0.2, 0) is 9.59 Å². The molecule has 0 saturated carbocycles. The Kier molecular flexibility index (Phi) is 4.92. The summed E-state index contributed by atoms with van der Waals surface area (Å²) in [6.45, 7) is 3.80. The lowest BCUT2D eigenvalue weighted by atomic mass is 10.1. The van der Waals surface area contributed by atoms with E-state index >= 15 is 0 Å². The number of carbonyl (C=O) groups is 2. The molecule has 2 heterocycles. The van der Waals surface area contributed by atoms with Crippen LogP contribution in [0.3, 0.4) is 0 Å². The molecule has 8 heteroatoms. The van der Waals surface area contributed by atoms with Gasteiger partial charge < -0.3 is 0 Å². The van der Waals surface area contributed by atoms with Gasteiger partial charge in [-0.2, -0.15) is 0 Å². The van der Waals surface area contributed by atoms with Crippen molar-refractivity contribution in [1.29, 1.82) is 0 Å². The van der Waals surface area contributed by atoms with E-state index in [0.29, 0.717) is 24.9 Å². The molecule has 0 aromatic heterocycles. The average Bonchev–Trinajstić information content (AvgIpc) is 2.84. The summed E-state index contributed by atoms with van der Waals surface area (Å²) in [6.07, 6.45) is 0.565. The quantitative estimate of drug-likeness (QED) is 0.558. The SMILES string of the molecule is CC(CC(C)=C1SC(=S)N(C)C1=O)=C1SC(=S)N(C)C1=O. The topological polar surface area (TPSA) is 40.6 Å². The molecule has 0 unspecified atom stereocenters. The number of rotatable bonds is 2. The Morgan fingerprint density at radius 2 is 1.24 bits per heavy atom. The molecule has 0 spiro atoms. The number of hydrogen-bond acceptors (Lipinski definition) is 6. The number of allylic oxidation sites excluding steroid dienone is 2.